The lowest BCUT2D eigenvalue weighted by Gasteiger charge is -2.09. The highest BCUT2D eigenvalue weighted by Crippen LogP contribution is 2.43. The van der Waals surface area contributed by atoms with E-state index in [2.05, 4.69) is 228 Å². The van der Waals surface area contributed by atoms with E-state index in [0.29, 0.717) is 0 Å². The first-order valence-electron chi connectivity index (χ1n) is 21.8. The van der Waals surface area contributed by atoms with E-state index in [-0.39, 0.29) is 0 Å². The minimum absolute atomic E-state index is 0.816. The molecule has 0 aliphatic heterocycles. The van der Waals surface area contributed by atoms with Crippen LogP contribution >= 0.6 is 0 Å². The van der Waals surface area contributed by atoms with Crippen molar-refractivity contribution < 1.29 is 8.83 Å². The lowest BCUT2D eigenvalue weighted by molar-refractivity contribution is 0.663. The molecule has 64 heavy (non-hydrogen) atoms. The Kier molecular flexibility index (Phi) is 7.36. The van der Waals surface area contributed by atoms with Crippen LogP contribution < -0.4 is 0 Å². The van der Waals surface area contributed by atoms with Gasteiger partial charge in [0.1, 0.15) is 22.3 Å². The third-order valence-corrected chi connectivity index (χ3v) is 13.3. The lowest BCUT2D eigenvalue weighted by atomic mass is 9.97. The van der Waals surface area contributed by atoms with Crippen LogP contribution in [0.5, 0.6) is 0 Å². The topological polar surface area (TPSA) is 36.1 Å². The zero-order valence-electron chi connectivity index (χ0n) is 34.5. The average Bonchev–Trinajstić information content (AvgIpc) is 4.11. The van der Waals surface area contributed by atoms with E-state index in [0.717, 1.165) is 71.9 Å². The van der Waals surface area contributed by atoms with Crippen molar-refractivity contribution in [2.24, 2.45) is 0 Å². The maximum Gasteiger partial charge on any atom is 0.147 e. The van der Waals surface area contributed by atoms with Gasteiger partial charge in [0.25, 0.3) is 0 Å². The van der Waals surface area contributed by atoms with Crippen LogP contribution in [0.1, 0.15) is 0 Å². The predicted molar refractivity (Wildman–Crippen MR) is 266 cm³/mol. The van der Waals surface area contributed by atoms with Crippen LogP contribution in [0.25, 0.3) is 132 Å². The Labute approximate surface area is 367 Å². The number of furan rings is 2. The van der Waals surface area contributed by atoms with E-state index in [1.54, 1.807) is 0 Å². The van der Waals surface area contributed by atoms with Gasteiger partial charge in [-0.15, -0.1) is 0 Å². The van der Waals surface area contributed by atoms with Crippen molar-refractivity contribution in [3.8, 4) is 44.8 Å². The first-order chi connectivity index (χ1) is 31.7. The van der Waals surface area contributed by atoms with Gasteiger partial charge in [0.2, 0.25) is 0 Å². The standard InChI is InChI=1S/C60H36N2O2/c1-3-14-43(15-4-1)61-52-20-9-7-18-45(52)48-33-39(22-27-54(48)61)37-12-11-13-38(32-37)42-25-30-57-51(36-42)59-58(63-57)31-26-47-50-35-41(24-29-56(50)64-60(47)59)40-23-28-55-49(34-40)46-19-8-10-21-53(46)62(55)44-16-5-2-6-17-44/h1-36H. The van der Waals surface area contributed by atoms with Crippen molar-refractivity contribution in [3.05, 3.63) is 218 Å². The summed E-state index contributed by atoms with van der Waals surface area (Å²) in [5.74, 6) is 0. The Morgan fingerprint density at radius 3 is 1.27 bits per heavy atom. The highest BCUT2D eigenvalue weighted by atomic mass is 16.3. The first-order valence-corrected chi connectivity index (χ1v) is 21.8. The number of benzene rings is 10. The smallest absolute Gasteiger partial charge is 0.147 e. The molecule has 0 aliphatic rings. The fourth-order valence-corrected chi connectivity index (χ4v) is 10.3. The van der Waals surface area contributed by atoms with E-state index < -0.39 is 0 Å². The van der Waals surface area contributed by atoms with Gasteiger partial charge in [-0.1, -0.05) is 115 Å². The van der Waals surface area contributed by atoms with Gasteiger partial charge in [0.15, 0.2) is 0 Å². The third kappa shape index (κ3) is 5.17. The summed E-state index contributed by atoms with van der Waals surface area (Å²) in [6, 6.07) is 78.5. The molecule has 0 saturated carbocycles. The van der Waals surface area contributed by atoms with Gasteiger partial charge < -0.3 is 18.0 Å². The molecule has 0 fully saturated rings. The summed E-state index contributed by atoms with van der Waals surface area (Å²) in [6.07, 6.45) is 0. The molecule has 0 radical (unpaired) electrons. The monoisotopic (exact) mass is 816 g/mol. The summed E-state index contributed by atoms with van der Waals surface area (Å²) in [7, 11) is 0. The normalized spacial score (nSPS) is 12.1. The number of nitrogens with zero attached hydrogens (tertiary/aromatic N) is 2. The zero-order chi connectivity index (χ0) is 41.9. The van der Waals surface area contributed by atoms with Crippen LogP contribution in [0.15, 0.2) is 227 Å². The summed E-state index contributed by atoms with van der Waals surface area (Å²) in [4.78, 5) is 0. The molecule has 0 atom stereocenters. The number of para-hydroxylation sites is 4. The Balaban J connectivity index is 0.862. The van der Waals surface area contributed by atoms with Crippen molar-refractivity contribution in [2.75, 3.05) is 0 Å². The second-order valence-corrected chi connectivity index (χ2v) is 16.9. The van der Waals surface area contributed by atoms with E-state index in [1.807, 2.05) is 0 Å². The Hall–Kier alpha value is -8.60. The maximum absolute atomic E-state index is 6.76. The van der Waals surface area contributed by atoms with Crippen LogP contribution in [-0.2, 0) is 0 Å². The molecule has 0 N–H and O–H groups in total. The number of aromatic nitrogens is 2. The van der Waals surface area contributed by atoms with Gasteiger partial charge in [-0.2, -0.15) is 0 Å². The molecule has 0 amide bonds. The summed E-state index contributed by atoms with van der Waals surface area (Å²) in [5.41, 5.74) is 17.4. The molecule has 0 bridgehead atoms. The van der Waals surface area contributed by atoms with Gasteiger partial charge in [-0.05, 0) is 137 Å². The second kappa shape index (κ2) is 13.4. The molecular weight excluding hydrogens is 781 g/mol. The average molecular weight is 817 g/mol. The fraction of sp³-hybridized carbons (Fsp3) is 0. The summed E-state index contributed by atoms with van der Waals surface area (Å²) in [6.45, 7) is 0. The van der Waals surface area contributed by atoms with Gasteiger partial charge >= 0.3 is 0 Å². The minimum atomic E-state index is 0.816. The molecule has 0 aliphatic carbocycles. The van der Waals surface area contributed by atoms with Crippen LogP contribution in [0.4, 0.5) is 0 Å². The van der Waals surface area contributed by atoms with E-state index in [9.17, 15) is 0 Å². The van der Waals surface area contributed by atoms with Gasteiger partial charge in [0, 0.05) is 49.1 Å². The van der Waals surface area contributed by atoms with Gasteiger partial charge in [-0.25, -0.2) is 0 Å². The molecule has 14 aromatic rings. The van der Waals surface area contributed by atoms with Gasteiger partial charge in [0.05, 0.1) is 27.5 Å². The molecule has 4 heterocycles. The van der Waals surface area contributed by atoms with Crippen molar-refractivity contribution in [2.45, 2.75) is 0 Å². The lowest BCUT2D eigenvalue weighted by Crippen LogP contribution is -1.92. The molecular formula is C60H36N2O2. The molecule has 0 spiro atoms. The zero-order valence-corrected chi connectivity index (χ0v) is 34.5. The highest BCUT2D eigenvalue weighted by Gasteiger charge is 2.19. The number of hydrogen-bond donors (Lipinski definition) is 0. The molecule has 0 unspecified atom stereocenters. The molecule has 298 valence electrons. The molecule has 0 saturated heterocycles. The number of fused-ring (bicyclic) bond motifs is 13. The van der Waals surface area contributed by atoms with Crippen LogP contribution in [0, 0.1) is 0 Å². The van der Waals surface area contributed by atoms with Crippen LogP contribution in [0.2, 0.25) is 0 Å². The molecule has 4 aromatic heterocycles. The third-order valence-electron chi connectivity index (χ3n) is 13.3. The van der Waals surface area contributed by atoms with Crippen LogP contribution in [-0.4, -0.2) is 9.13 Å². The Morgan fingerprint density at radius 2 is 0.688 bits per heavy atom. The van der Waals surface area contributed by atoms with E-state index in [1.165, 1.54) is 60.3 Å². The maximum atomic E-state index is 6.76. The number of rotatable bonds is 5. The Bertz CT molecular complexity index is 4180. The van der Waals surface area contributed by atoms with Crippen molar-refractivity contribution >= 4 is 87.5 Å². The first kappa shape index (κ1) is 35.0. The predicted octanol–water partition coefficient (Wildman–Crippen LogP) is 16.7. The van der Waals surface area contributed by atoms with Gasteiger partial charge in [-0.3, -0.25) is 0 Å². The van der Waals surface area contributed by atoms with Crippen molar-refractivity contribution in [1.29, 1.82) is 0 Å². The summed E-state index contributed by atoms with van der Waals surface area (Å²) < 4.78 is 18.0. The molecule has 10 aromatic carbocycles. The fourth-order valence-electron chi connectivity index (χ4n) is 10.3. The molecule has 4 heteroatoms. The van der Waals surface area contributed by atoms with E-state index >= 15 is 0 Å². The van der Waals surface area contributed by atoms with Crippen molar-refractivity contribution in [1.82, 2.24) is 9.13 Å². The summed E-state index contributed by atoms with van der Waals surface area (Å²) >= 11 is 0. The largest absolute Gasteiger partial charge is 0.456 e. The SMILES string of the molecule is c1ccc(-n2c3ccccc3c3cc(-c4cccc(-c5ccc6oc7ccc8c9cc(-c%10ccc%11c(c%10)c%10ccccc%10n%11-c%10ccccc%10)ccc9oc8c7c6c5)c4)ccc32)cc1. The van der Waals surface area contributed by atoms with Crippen LogP contribution in [0.3, 0.4) is 0 Å². The summed E-state index contributed by atoms with van der Waals surface area (Å²) in [5, 5.41) is 9.16. The Morgan fingerprint density at radius 1 is 0.250 bits per heavy atom. The second-order valence-electron chi connectivity index (χ2n) is 16.9. The highest BCUT2D eigenvalue weighted by molar-refractivity contribution is 6.23. The molecule has 4 nitrogen and oxygen atoms in total. The quantitative estimate of drug-likeness (QED) is 0.173. The van der Waals surface area contributed by atoms with E-state index in [4.69, 9.17) is 8.83 Å². The van der Waals surface area contributed by atoms with Crippen molar-refractivity contribution in [3.63, 3.8) is 0 Å². The minimum Gasteiger partial charge on any atom is -0.456 e. The molecule has 14 rings (SSSR count). The number of hydrogen-bond acceptors (Lipinski definition) is 2.